The lowest BCUT2D eigenvalue weighted by molar-refractivity contribution is 0.0856. The van der Waals surface area contributed by atoms with Crippen LogP contribution < -0.4 is 0 Å². The van der Waals surface area contributed by atoms with Gasteiger partial charge in [-0.1, -0.05) is 24.3 Å². The van der Waals surface area contributed by atoms with Crippen molar-refractivity contribution in [2.24, 2.45) is 0 Å². The van der Waals surface area contributed by atoms with E-state index in [2.05, 4.69) is 0 Å². The molecule has 1 aromatic carbocycles. The fourth-order valence-corrected chi connectivity index (χ4v) is 1.56. The molecule has 0 saturated heterocycles. The summed E-state index contributed by atoms with van der Waals surface area (Å²) in [6.07, 6.45) is -0.251. The van der Waals surface area contributed by atoms with Gasteiger partial charge >= 0.3 is 0 Å². The molecule has 0 spiro atoms. The highest BCUT2D eigenvalue weighted by Crippen LogP contribution is 2.22. The largest absolute Gasteiger partial charge is 0.291 e. The van der Waals surface area contributed by atoms with Crippen molar-refractivity contribution in [3.63, 3.8) is 0 Å². The average Bonchev–Trinajstić information content (AvgIpc) is 2.12. The second-order valence-electron chi connectivity index (χ2n) is 3.03. The first kappa shape index (κ1) is 7.47. The number of rotatable bonds is 0. The molecule has 12 heavy (non-hydrogen) atoms. The smallest absolute Gasteiger partial charge is 0.197 e. The van der Waals surface area contributed by atoms with E-state index in [-0.39, 0.29) is 5.78 Å². The molecule has 2 rings (SSSR count). The van der Waals surface area contributed by atoms with Crippen LogP contribution in [0.15, 0.2) is 24.3 Å². The molecule has 0 aliphatic heterocycles. The molecule has 0 radical (unpaired) electrons. The summed E-state index contributed by atoms with van der Waals surface area (Å²) >= 11 is 0. The van der Waals surface area contributed by atoms with Gasteiger partial charge in [0.15, 0.2) is 12.0 Å². The fraction of sp³-hybridized carbons (Fsp3) is 0.300. The molecule has 62 valence electrons. The van der Waals surface area contributed by atoms with E-state index in [1.807, 2.05) is 12.1 Å². The summed E-state index contributed by atoms with van der Waals surface area (Å²) in [6, 6.07) is 7.24. The number of Topliss-reactive ketones (excluding diaryl/α,β-unsaturated/α-hetero) is 1. The van der Waals surface area contributed by atoms with Crippen LogP contribution in [-0.2, 0) is 6.42 Å². The summed E-state index contributed by atoms with van der Waals surface area (Å²) in [5.41, 5.74) is 1.55. The highest BCUT2D eigenvalue weighted by Gasteiger charge is 2.25. The molecule has 0 fully saturated rings. The fourth-order valence-electron chi connectivity index (χ4n) is 1.56. The van der Waals surface area contributed by atoms with Gasteiger partial charge in [0.1, 0.15) is 0 Å². The van der Waals surface area contributed by atoms with Crippen LogP contribution in [0.2, 0.25) is 0 Å². The van der Waals surface area contributed by atoms with Crippen molar-refractivity contribution in [2.45, 2.75) is 19.0 Å². The van der Waals surface area contributed by atoms with Gasteiger partial charge in [0, 0.05) is 5.56 Å². The summed E-state index contributed by atoms with van der Waals surface area (Å²) in [5, 5.41) is 0. The number of benzene rings is 1. The molecule has 2 heteroatoms. The molecule has 0 amide bonds. The Balaban J connectivity index is 2.49. The molecule has 0 saturated carbocycles. The van der Waals surface area contributed by atoms with Gasteiger partial charge in [-0.2, -0.15) is 0 Å². The molecule has 0 heterocycles. The van der Waals surface area contributed by atoms with E-state index in [1.54, 1.807) is 12.1 Å². The second-order valence-corrected chi connectivity index (χ2v) is 3.03. The first-order chi connectivity index (χ1) is 5.79. The van der Waals surface area contributed by atoms with E-state index >= 15 is 0 Å². The predicted octanol–water partition coefficient (Wildman–Crippen LogP) is 2.15. The summed E-state index contributed by atoms with van der Waals surface area (Å²) in [5.74, 6) is -0.350. The highest BCUT2D eigenvalue weighted by atomic mass is 19.1. The summed E-state index contributed by atoms with van der Waals surface area (Å²) in [6.45, 7) is 0. The maximum Gasteiger partial charge on any atom is 0.197 e. The normalized spacial score (nSPS) is 22.1. The minimum absolute atomic E-state index is 0.343. The highest BCUT2D eigenvalue weighted by molar-refractivity contribution is 6.01. The van der Waals surface area contributed by atoms with Gasteiger partial charge < -0.3 is 0 Å². The zero-order valence-corrected chi connectivity index (χ0v) is 6.59. The minimum atomic E-state index is -1.28. The Hall–Kier alpha value is -1.18. The number of ketones is 1. The summed E-state index contributed by atoms with van der Waals surface area (Å²) in [7, 11) is 0. The molecule has 1 aliphatic rings. The molecule has 1 aliphatic carbocycles. The van der Waals surface area contributed by atoms with Gasteiger partial charge in [-0.05, 0) is 18.4 Å². The average molecular weight is 164 g/mol. The van der Waals surface area contributed by atoms with Crippen molar-refractivity contribution < 1.29 is 9.18 Å². The maximum atomic E-state index is 12.9. The van der Waals surface area contributed by atoms with Gasteiger partial charge in [0.2, 0.25) is 0 Å². The number of carbonyl (C=O) groups is 1. The van der Waals surface area contributed by atoms with E-state index in [4.69, 9.17) is 0 Å². The minimum Gasteiger partial charge on any atom is -0.291 e. The number of hydrogen-bond donors (Lipinski definition) is 0. The summed E-state index contributed by atoms with van der Waals surface area (Å²) in [4.78, 5) is 11.2. The number of hydrogen-bond acceptors (Lipinski definition) is 1. The predicted molar refractivity (Wildman–Crippen MR) is 44.0 cm³/mol. The molecule has 1 nitrogen and oxygen atoms in total. The molecule has 1 atom stereocenters. The maximum absolute atomic E-state index is 12.9. The van der Waals surface area contributed by atoms with E-state index in [0.717, 1.165) is 5.56 Å². The monoisotopic (exact) mass is 164 g/mol. The Morgan fingerprint density at radius 2 is 2.08 bits per heavy atom. The van der Waals surface area contributed by atoms with Crippen LogP contribution in [0.1, 0.15) is 22.3 Å². The number of fused-ring (bicyclic) bond motifs is 1. The van der Waals surface area contributed by atoms with E-state index in [0.29, 0.717) is 18.4 Å². The third kappa shape index (κ3) is 1.04. The van der Waals surface area contributed by atoms with Crippen LogP contribution in [0.5, 0.6) is 0 Å². The van der Waals surface area contributed by atoms with Gasteiger partial charge in [0.25, 0.3) is 0 Å². The third-order valence-corrected chi connectivity index (χ3v) is 2.23. The molecule has 0 bridgehead atoms. The van der Waals surface area contributed by atoms with Crippen molar-refractivity contribution in [3.05, 3.63) is 35.4 Å². The Morgan fingerprint density at radius 1 is 1.33 bits per heavy atom. The molecule has 0 N–H and O–H groups in total. The SMILES string of the molecule is O=C1c2ccccc2CCC1F. The van der Waals surface area contributed by atoms with Crippen molar-refractivity contribution in [3.8, 4) is 0 Å². The first-order valence-electron chi connectivity index (χ1n) is 4.05. The molecule has 1 unspecified atom stereocenters. The van der Waals surface area contributed by atoms with E-state index in [9.17, 15) is 9.18 Å². The van der Waals surface area contributed by atoms with Crippen LogP contribution in [-0.4, -0.2) is 12.0 Å². The van der Waals surface area contributed by atoms with Crippen LogP contribution in [0.4, 0.5) is 4.39 Å². The molecule has 0 aromatic heterocycles. The molecular formula is C10H9FO. The van der Waals surface area contributed by atoms with Gasteiger partial charge in [-0.3, -0.25) is 4.79 Å². The van der Waals surface area contributed by atoms with Crippen molar-refractivity contribution in [2.75, 3.05) is 0 Å². The lowest BCUT2D eigenvalue weighted by Crippen LogP contribution is -2.23. The molecule has 1 aromatic rings. The van der Waals surface area contributed by atoms with Crippen molar-refractivity contribution >= 4 is 5.78 Å². The first-order valence-corrected chi connectivity index (χ1v) is 4.05. The Kier molecular flexibility index (Phi) is 1.68. The molecular weight excluding hydrogens is 155 g/mol. The number of carbonyl (C=O) groups excluding carboxylic acids is 1. The Labute approximate surface area is 70.2 Å². The van der Waals surface area contributed by atoms with Gasteiger partial charge in [-0.15, -0.1) is 0 Å². The quantitative estimate of drug-likeness (QED) is 0.574. The topological polar surface area (TPSA) is 17.1 Å². The zero-order valence-electron chi connectivity index (χ0n) is 6.59. The standard InChI is InChI=1S/C10H9FO/c11-9-6-5-7-3-1-2-4-8(7)10(9)12/h1-4,9H,5-6H2. The van der Waals surface area contributed by atoms with E-state index in [1.165, 1.54) is 0 Å². The second kappa shape index (κ2) is 2.70. The van der Waals surface area contributed by atoms with Crippen molar-refractivity contribution in [1.82, 2.24) is 0 Å². The van der Waals surface area contributed by atoms with Gasteiger partial charge in [0.05, 0.1) is 0 Å². The van der Waals surface area contributed by atoms with Crippen LogP contribution in [0, 0.1) is 0 Å². The van der Waals surface area contributed by atoms with Crippen LogP contribution in [0.3, 0.4) is 0 Å². The third-order valence-electron chi connectivity index (χ3n) is 2.23. The van der Waals surface area contributed by atoms with Crippen LogP contribution >= 0.6 is 0 Å². The van der Waals surface area contributed by atoms with E-state index < -0.39 is 6.17 Å². The number of alkyl halides is 1. The Morgan fingerprint density at radius 3 is 2.92 bits per heavy atom. The van der Waals surface area contributed by atoms with Gasteiger partial charge in [-0.25, -0.2) is 4.39 Å². The summed E-state index contributed by atoms with van der Waals surface area (Å²) < 4.78 is 12.9. The zero-order chi connectivity index (χ0) is 8.55. The van der Waals surface area contributed by atoms with Crippen LogP contribution in [0.25, 0.3) is 0 Å². The van der Waals surface area contributed by atoms with Crippen molar-refractivity contribution in [1.29, 1.82) is 0 Å². The Bertz CT molecular complexity index is 319. The number of halogens is 1. The lowest BCUT2D eigenvalue weighted by atomic mass is 9.90. The lowest BCUT2D eigenvalue weighted by Gasteiger charge is -2.16. The number of aryl methyl sites for hydroxylation is 1.